The summed E-state index contributed by atoms with van der Waals surface area (Å²) in [5.41, 5.74) is 2.67. The van der Waals surface area contributed by atoms with Crippen LogP contribution in [0.2, 0.25) is 0 Å². The third-order valence-corrected chi connectivity index (χ3v) is 3.94. The summed E-state index contributed by atoms with van der Waals surface area (Å²) < 4.78 is 5.81. The van der Waals surface area contributed by atoms with Crippen molar-refractivity contribution in [1.29, 1.82) is 0 Å². The van der Waals surface area contributed by atoms with Gasteiger partial charge in [-0.2, -0.15) is 0 Å². The van der Waals surface area contributed by atoms with E-state index in [2.05, 4.69) is 55.9 Å². The van der Waals surface area contributed by atoms with Gasteiger partial charge in [-0.05, 0) is 40.2 Å². The van der Waals surface area contributed by atoms with Crippen LogP contribution in [-0.2, 0) is 11.3 Å². The Kier molecular flexibility index (Phi) is 5.22. The Labute approximate surface area is 128 Å². The van der Waals surface area contributed by atoms with Crippen LogP contribution in [0.15, 0.2) is 18.5 Å². The Morgan fingerprint density at radius 1 is 1.43 bits per heavy atom. The molecule has 1 aliphatic heterocycles. The molecule has 1 aliphatic rings. The monoisotopic (exact) mass is 291 g/mol. The molecule has 0 bridgehead atoms. The Hall–Kier alpha value is -1.13. The molecule has 118 valence electrons. The lowest BCUT2D eigenvalue weighted by Crippen LogP contribution is -2.49. The van der Waals surface area contributed by atoms with Crippen molar-refractivity contribution >= 4 is 5.69 Å². The standard InChI is InChI=1S/C17H29N3O/c1-6-15-12-21-13(2)11-20(15)16-7-8-18-9-14(16)10-19-17(3,4)5/h7-9,13,15,19H,6,10-12H2,1-5H3. The van der Waals surface area contributed by atoms with Crippen LogP contribution in [0, 0.1) is 0 Å². The molecular formula is C17H29N3O. The Balaban J connectivity index is 2.21. The summed E-state index contributed by atoms with van der Waals surface area (Å²) in [5.74, 6) is 0. The molecule has 2 unspecified atom stereocenters. The number of nitrogens with zero attached hydrogens (tertiary/aromatic N) is 2. The first kappa shape index (κ1) is 16.2. The van der Waals surface area contributed by atoms with Gasteiger partial charge >= 0.3 is 0 Å². The van der Waals surface area contributed by atoms with Gasteiger partial charge in [0, 0.05) is 42.3 Å². The van der Waals surface area contributed by atoms with Crippen molar-refractivity contribution in [3.8, 4) is 0 Å². The van der Waals surface area contributed by atoms with Crippen LogP contribution in [0.1, 0.15) is 46.6 Å². The smallest absolute Gasteiger partial charge is 0.0723 e. The van der Waals surface area contributed by atoms with E-state index < -0.39 is 0 Å². The molecule has 2 rings (SSSR count). The highest BCUT2D eigenvalue weighted by atomic mass is 16.5. The number of hydrogen-bond donors (Lipinski definition) is 1. The molecule has 4 heteroatoms. The fourth-order valence-electron chi connectivity index (χ4n) is 2.67. The second-order valence-corrected chi connectivity index (χ2v) is 6.97. The third kappa shape index (κ3) is 4.42. The SMILES string of the molecule is CCC1COC(C)CN1c1ccncc1CNC(C)(C)C. The first-order chi connectivity index (χ1) is 9.90. The lowest BCUT2D eigenvalue weighted by atomic mass is 10.1. The van der Waals surface area contributed by atoms with Crippen molar-refractivity contribution in [2.75, 3.05) is 18.1 Å². The van der Waals surface area contributed by atoms with Crippen LogP contribution < -0.4 is 10.2 Å². The van der Waals surface area contributed by atoms with E-state index in [4.69, 9.17) is 4.74 Å². The van der Waals surface area contributed by atoms with E-state index >= 15 is 0 Å². The number of morpholine rings is 1. The molecule has 2 heterocycles. The van der Waals surface area contributed by atoms with Gasteiger partial charge in [-0.3, -0.25) is 4.98 Å². The number of pyridine rings is 1. The van der Waals surface area contributed by atoms with Crippen molar-refractivity contribution in [2.24, 2.45) is 0 Å². The van der Waals surface area contributed by atoms with Gasteiger partial charge in [0.2, 0.25) is 0 Å². The van der Waals surface area contributed by atoms with Crippen LogP contribution in [0.5, 0.6) is 0 Å². The van der Waals surface area contributed by atoms with Crippen molar-refractivity contribution < 1.29 is 4.74 Å². The van der Waals surface area contributed by atoms with Crippen molar-refractivity contribution in [2.45, 2.75) is 65.3 Å². The van der Waals surface area contributed by atoms with Crippen LogP contribution in [0.25, 0.3) is 0 Å². The lowest BCUT2D eigenvalue weighted by Gasteiger charge is -2.41. The molecule has 1 N–H and O–H groups in total. The fraction of sp³-hybridized carbons (Fsp3) is 0.706. The van der Waals surface area contributed by atoms with E-state index in [0.717, 1.165) is 26.1 Å². The number of rotatable bonds is 4. The van der Waals surface area contributed by atoms with Gasteiger partial charge in [0.25, 0.3) is 0 Å². The molecule has 2 atom stereocenters. The number of ether oxygens (including phenoxy) is 1. The zero-order valence-corrected chi connectivity index (χ0v) is 14.0. The molecule has 0 amide bonds. The van der Waals surface area contributed by atoms with E-state index in [1.54, 1.807) is 0 Å². The summed E-state index contributed by atoms with van der Waals surface area (Å²) in [6.45, 7) is 13.5. The van der Waals surface area contributed by atoms with Crippen LogP contribution in [0.4, 0.5) is 5.69 Å². The molecule has 0 radical (unpaired) electrons. The topological polar surface area (TPSA) is 37.4 Å². The minimum Gasteiger partial charge on any atom is -0.375 e. The largest absolute Gasteiger partial charge is 0.375 e. The van der Waals surface area contributed by atoms with Gasteiger partial charge in [0.05, 0.1) is 18.8 Å². The van der Waals surface area contributed by atoms with Gasteiger partial charge in [-0.25, -0.2) is 0 Å². The van der Waals surface area contributed by atoms with E-state index in [1.807, 2.05) is 12.4 Å². The highest BCUT2D eigenvalue weighted by Gasteiger charge is 2.27. The van der Waals surface area contributed by atoms with Crippen molar-refractivity contribution in [3.05, 3.63) is 24.0 Å². The molecular weight excluding hydrogens is 262 g/mol. The number of hydrogen-bond acceptors (Lipinski definition) is 4. The van der Waals surface area contributed by atoms with Crippen molar-refractivity contribution in [3.63, 3.8) is 0 Å². The van der Waals surface area contributed by atoms with E-state index in [0.29, 0.717) is 6.04 Å². The van der Waals surface area contributed by atoms with Crippen molar-refractivity contribution in [1.82, 2.24) is 10.3 Å². The predicted octanol–water partition coefficient (Wildman–Crippen LogP) is 2.97. The number of aromatic nitrogens is 1. The number of anilines is 1. The molecule has 4 nitrogen and oxygen atoms in total. The average molecular weight is 291 g/mol. The first-order valence-corrected chi connectivity index (χ1v) is 7.97. The maximum Gasteiger partial charge on any atom is 0.0723 e. The molecule has 0 saturated carbocycles. The Morgan fingerprint density at radius 2 is 2.19 bits per heavy atom. The van der Waals surface area contributed by atoms with Crippen LogP contribution >= 0.6 is 0 Å². The molecule has 21 heavy (non-hydrogen) atoms. The van der Waals surface area contributed by atoms with Crippen LogP contribution in [-0.4, -0.2) is 35.8 Å². The zero-order chi connectivity index (χ0) is 15.5. The first-order valence-electron chi connectivity index (χ1n) is 7.97. The highest BCUT2D eigenvalue weighted by Crippen LogP contribution is 2.26. The molecule has 1 saturated heterocycles. The maximum absolute atomic E-state index is 5.81. The summed E-state index contributed by atoms with van der Waals surface area (Å²) in [4.78, 5) is 6.81. The molecule has 0 aliphatic carbocycles. The third-order valence-electron chi connectivity index (χ3n) is 3.94. The Morgan fingerprint density at radius 3 is 2.86 bits per heavy atom. The van der Waals surface area contributed by atoms with E-state index in [-0.39, 0.29) is 11.6 Å². The molecule has 1 aromatic rings. The quantitative estimate of drug-likeness (QED) is 0.925. The molecule has 1 aromatic heterocycles. The minimum absolute atomic E-state index is 0.107. The second-order valence-electron chi connectivity index (χ2n) is 6.97. The fourth-order valence-corrected chi connectivity index (χ4v) is 2.67. The molecule has 0 spiro atoms. The minimum atomic E-state index is 0.107. The molecule has 0 aromatic carbocycles. The van der Waals surface area contributed by atoms with E-state index in [1.165, 1.54) is 11.3 Å². The normalized spacial score (nSPS) is 23.4. The van der Waals surface area contributed by atoms with E-state index in [9.17, 15) is 0 Å². The predicted molar refractivity (Wildman–Crippen MR) is 87.7 cm³/mol. The summed E-state index contributed by atoms with van der Waals surface area (Å²) in [6, 6.07) is 2.59. The summed E-state index contributed by atoms with van der Waals surface area (Å²) in [6.07, 6.45) is 5.26. The average Bonchev–Trinajstić information content (AvgIpc) is 2.44. The summed E-state index contributed by atoms with van der Waals surface area (Å²) >= 11 is 0. The maximum atomic E-state index is 5.81. The number of nitrogens with one attached hydrogen (secondary N) is 1. The zero-order valence-electron chi connectivity index (χ0n) is 14.0. The van der Waals surface area contributed by atoms with Gasteiger partial charge in [-0.15, -0.1) is 0 Å². The second kappa shape index (κ2) is 6.75. The summed E-state index contributed by atoms with van der Waals surface area (Å²) in [7, 11) is 0. The Bertz CT molecular complexity index is 456. The summed E-state index contributed by atoms with van der Waals surface area (Å²) in [5, 5.41) is 3.56. The molecule has 1 fully saturated rings. The van der Waals surface area contributed by atoms with Gasteiger partial charge in [0.1, 0.15) is 0 Å². The van der Waals surface area contributed by atoms with Gasteiger partial charge in [0.15, 0.2) is 0 Å². The van der Waals surface area contributed by atoms with Crippen LogP contribution in [0.3, 0.4) is 0 Å². The lowest BCUT2D eigenvalue weighted by molar-refractivity contribution is 0.0299. The van der Waals surface area contributed by atoms with Gasteiger partial charge in [-0.1, -0.05) is 6.92 Å². The van der Waals surface area contributed by atoms with Gasteiger partial charge < -0.3 is 15.0 Å². The highest BCUT2D eigenvalue weighted by molar-refractivity contribution is 5.53.